The van der Waals surface area contributed by atoms with Gasteiger partial charge in [-0.2, -0.15) is 16.8 Å². The summed E-state index contributed by atoms with van der Waals surface area (Å²) in [6.07, 6.45) is 1.56. The normalized spacial score (nSPS) is 19.2. The highest BCUT2D eigenvalue weighted by molar-refractivity contribution is 7.86. The molecule has 0 saturated carbocycles. The monoisotopic (exact) mass is 830 g/mol. The minimum atomic E-state index is -4.19. The maximum absolute atomic E-state index is 11.2. The number of rotatable bonds is 14. The van der Waals surface area contributed by atoms with Crippen LogP contribution in [0.1, 0.15) is 97.9 Å². The summed E-state index contributed by atoms with van der Waals surface area (Å²) < 4.78 is 87.9. The van der Waals surface area contributed by atoms with Gasteiger partial charge in [-0.1, -0.05) is 38.0 Å². The zero-order valence-electron chi connectivity index (χ0n) is 33.3. The van der Waals surface area contributed by atoms with Gasteiger partial charge in [0.1, 0.15) is 13.2 Å². The Morgan fingerprint density at radius 2 is 1.05 bits per heavy atom. The number of ether oxygens (including phenoxy) is 4. The van der Waals surface area contributed by atoms with Crippen molar-refractivity contribution in [3.8, 4) is 34.5 Å². The first-order valence-corrected chi connectivity index (χ1v) is 21.6. The molecule has 1 aliphatic heterocycles. The summed E-state index contributed by atoms with van der Waals surface area (Å²) in [4.78, 5) is 10.7. The molecule has 3 aromatic rings. The van der Waals surface area contributed by atoms with Gasteiger partial charge < -0.3 is 40.1 Å². The van der Waals surface area contributed by atoms with Crippen LogP contribution in [0.5, 0.6) is 34.5 Å². The van der Waals surface area contributed by atoms with Gasteiger partial charge in [0.25, 0.3) is 20.2 Å². The lowest BCUT2D eigenvalue weighted by Gasteiger charge is -2.31. The maximum atomic E-state index is 11.2. The molecule has 6 N–H and O–H groups in total. The van der Waals surface area contributed by atoms with Crippen molar-refractivity contribution in [1.82, 2.24) is 0 Å². The van der Waals surface area contributed by atoms with Gasteiger partial charge in [-0.3, -0.25) is 9.11 Å². The Balaban J connectivity index is 1.47. The van der Waals surface area contributed by atoms with Gasteiger partial charge in [-0.25, -0.2) is 0 Å². The average molecular weight is 831 g/mol. The van der Waals surface area contributed by atoms with Crippen LogP contribution in [0.15, 0.2) is 34.6 Å². The molecule has 2 aliphatic carbocycles. The molecule has 1 spiro atoms. The zero-order chi connectivity index (χ0) is 41.9. The van der Waals surface area contributed by atoms with Crippen molar-refractivity contribution in [3.05, 3.63) is 68.8 Å². The van der Waals surface area contributed by atoms with Crippen LogP contribution in [-0.4, -0.2) is 76.6 Å². The van der Waals surface area contributed by atoms with Crippen molar-refractivity contribution >= 4 is 31.9 Å². The molecule has 1 unspecified atom stereocenters. The van der Waals surface area contributed by atoms with Crippen molar-refractivity contribution in [2.24, 2.45) is 21.8 Å². The first-order valence-electron chi connectivity index (χ1n) is 18.3. The third-order valence-corrected chi connectivity index (χ3v) is 12.7. The lowest BCUT2D eigenvalue weighted by Crippen LogP contribution is -2.27. The molecule has 6 rings (SSSR count). The fourth-order valence-corrected chi connectivity index (χ4v) is 9.67. The number of nitrogens with two attached hydrogens (primary N) is 2. The van der Waals surface area contributed by atoms with Crippen molar-refractivity contribution in [3.63, 3.8) is 0 Å². The Bertz CT molecular complexity index is 2410. The van der Waals surface area contributed by atoms with Gasteiger partial charge in [0, 0.05) is 18.3 Å². The largest absolute Gasteiger partial charge is 0.493 e. The fraction of sp³-hybridized carbons (Fsp3) is 0.487. The predicted octanol–water partition coefficient (Wildman–Crippen LogP) is 5.70. The maximum Gasteiger partial charge on any atom is 0.264 e. The van der Waals surface area contributed by atoms with Gasteiger partial charge in [-0.05, 0) is 95.2 Å². The molecule has 0 amide bonds. The van der Waals surface area contributed by atoms with Crippen LogP contribution in [0, 0.1) is 13.8 Å². The SMILES string of the molecule is COc1cc2c(cc1OC)C1(CC2(C)C)CC(C)(C)c2cc3c(cc21)Oc1c(c(/C(N)=N/OCCCS(=O)(=O)O)c(C)c(C)c1/C(N)=N/OCCCS(=O)(=O)O)O3. The molecular weight excluding hydrogens is 781 g/mol. The van der Waals surface area contributed by atoms with Crippen molar-refractivity contribution in [2.45, 2.75) is 83.5 Å². The summed E-state index contributed by atoms with van der Waals surface area (Å²) in [6.45, 7) is 12.2. The van der Waals surface area contributed by atoms with E-state index in [1.54, 1.807) is 28.1 Å². The number of amidine groups is 2. The Morgan fingerprint density at radius 1 is 0.684 bits per heavy atom. The van der Waals surface area contributed by atoms with E-state index in [4.69, 9.17) is 49.2 Å². The van der Waals surface area contributed by atoms with Crippen LogP contribution in [0.4, 0.5) is 0 Å². The molecule has 0 bridgehead atoms. The molecule has 310 valence electrons. The Labute approximate surface area is 333 Å². The second kappa shape index (κ2) is 14.9. The summed E-state index contributed by atoms with van der Waals surface area (Å²) in [7, 11) is -5.11. The minimum Gasteiger partial charge on any atom is -0.493 e. The molecule has 18 heteroatoms. The van der Waals surface area contributed by atoms with E-state index in [1.807, 2.05) is 12.1 Å². The third-order valence-electron chi connectivity index (χ3n) is 11.1. The standard InChI is InChI=1S/C39H50N4O12S2/c1-21-22(2)32(36(41)43-53-12-10-14-57(47,48)49)34-33(31(21)35(40)42-52-11-9-13-56(44,45)46)54-29-16-24-26(18-30(29)55-34)39(20-38(24,5)6)19-37(3,4)23-15-27(50-7)28(51-8)17-25(23)39/h15-18H,9-14,19-20H2,1-8H3,(H2,40,42)(H2,41,43)(H,44,45,46)(H,47,48,49). The highest BCUT2D eigenvalue weighted by Crippen LogP contribution is 2.66. The van der Waals surface area contributed by atoms with Gasteiger partial charge in [0.15, 0.2) is 46.2 Å². The molecule has 57 heavy (non-hydrogen) atoms. The predicted molar refractivity (Wildman–Crippen MR) is 214 cm³/mol. The van der Waals surface area contributed by atoms with Gasteiger partial charge in [0.2, 0.25) is 0 Å². The number of benzene rings is 3. The van der Waals surface area contributed by atoms with Gasteiger partial charge in [0.05, 0.1) is 36.9 Å². The van der Waals surface area contributed by atoms with Crippen molar-refractivity contribution < 1.29 is 54.6 Å². The fourth-order valence-electron chi connectivity index (χ4n) is 8.71. The molecular formula is C39H50N4O12S2. The summed E-state index contributed by atoms with van der Waals surface area (Å²) in [6, 6.07) is 8.20. The molecule has 16 nitrogen and oxygen atoms in total. The van der Waals surface area contributed by atoms with Crippen LogP contribution >= 0.6 is 0 Å². The minimum absolute atomic E-state index is 0.0285. The Hall–Kier alpha value is -4.78. The van der Waals surface area contributed by atoms with Crippen molar-refractivity contribution in [1.29, 1.82) is 0 Å². The first kappa shape index (κ1) is 41.8. The average Bonchev–Trinajstić information content (AvgIpc) is 3.46. The quantitative estimate of drug-likeness (QED) is 0.0392. The highest BCUT2D eigenvalue weighted by Gasteiger charge is 2.57. The molecule has 0 radical (unpaired) electrons. The number of nitrogens with zero attached hydrogens (tertiary/aromatic N) is 2. The van der Waals surface area contributed by atoms with Crippen LogP contribution < -0.4 is 30.4 Å². The van der Waals surface area contributed by atoms with E-state index in [0.717, 1.165) is 29.5 Å². The van der Waals surface area contributed by atoms with E-state index in [-0.39, 0.29) is 60.1 Å². The summed E-state index contributed by atoms with van der Waals surface area (Å²) in [5.74, 6) is 1.26. The highest BCUT2D eigenvalue weighted by atomic mass is 32.2. The second-order valence-electron chi connectivity index (χ2n) is 16.1. The molecule has 0 saturated heterocycles. The van der Waals surface area contributed by atoms with E-state index in [9.17, 15) is 16.8 Å². The van der Waals surface area contributed by atoms with Crippen LogP contribution in [0.2, 0.25) is 0 Å². The third kappa shape index (κ3) is 7.91. The van der Waals surface area contributed by atoms with Crippen LogP contribution in [-0.2, 0) is 46.2 Å². The molecule has 1 atom stereocenters. The van der Waals surface area contributed by atoms with Gasteiger partial charge >= 0.3 is 0 Å². The van der Waals surface area contributed by atoms with E-state index in [1.165, 1.54) is 5.56 Å². The molecule has 0 aromatic heterocycles. The number of hydrogen-bond acceptors (Lipinski definition) is 12. The summed E-state index contributed by atoms with van der Waals surface area (Å²) >= 11 is 0. The topological polar surface area (TPSA) is 241 Å². The molecule has 1 heterocycles. The molecule has 3 aliphatic rings. The first-order chi connectivity index (χ1) is 26.5. The van der Waals surface area contributed by atoms with Crippen molar-refractivity contribution in [2.75, 3.05) is 38.9 Å². The number of hydrogen-bond donors (Lipinski definition) is 4. The lowest BCUT2D eigenvalue weighted by molar-refractivity contribution is 0.144. The number of oxime groups is 2. The van der Waals surface area contributed by atoms with Crippen LogP contribution in [0.25, 0.3) is 0 Å². The number of methoxy groups -OCH3 is 2. The van der Waals surface area contributed by atoms with E-state index < -0.39 is 37.2 Å². The second-order valence-corrected chi connectivity index (χ2v) is 19.2. The number of fused-ring (bicyclic) bond motifs is 6. The lowest BCUT2D eigenvalue weighted by atomic mass is 9.72. The van der Waals surface area contributed by atoms with Gasteiger partial charge in [-0.15, -0.1) is 0 Å². The summed E-state index contributed by atoms with van der Waals surface area (Å²) in [5.41, 5.74) is 18.5. The molecule has 3 aromatic carbocycles. The Morgan fingerprint density at radius 3 is 1.46 bits per heavy atom. The van der Waals surface area contributed by atoms with E-state index in [2.05, 4.69) is 50.1 Å². The summed E-state index contributed by atoms with van der Waals surface area (Å²) in [5, 5.41) is 8.10. The molecule has 0 fully saturated rings. The smallest absolute Gasteiger partial charge is 0.264 e. The zero-order valence-corrected chi connectivity index (χ0v) is 34.9. The van der Waals surface area contributed by atoms with E-state index >= 15 is 0 Å². The van der Waals surface area contributed by atoms with Crippen LogP contribution in [0.3, 0.4) is 0 Å². The Kier molecular flexibility index (Phi) is 10.9. The van der Waals surface area contributed by atoms with E-state index in [0.29, 0.717) is 45.3 Å².